The minimum Gasteiger partial charge on any atom is -0.397 e. The zero-order valence-electron chi connectivity index (χ0n) is 12.2. The van der Waals surface area contributed by atoms with E-state index in [4.69, 9.17) is 5.73 Å². The molecule has 2 unspecified atom stereocenters. The van der Waals surface area contributed by atoms with E-state index in [-0.39, 0.29) is 5.91 Å². The molecule has 5 heteroatoms. The van der Waals surface area contributed by atoms with Crippen LogP contribution < -0.4 is 16.0 Å². The molecule has 1 saturated heterocycles. The van der Waals surface area contributed by atoms with Crippen LogP contribution in [0.4, 0.5) is 10.7 Å². The van der Waals surface area contributed by atoms with E-state index >= 15 is 0 Å². The lowest BCUT2D eigenvalue weighted by Crippen LogP contribution is -2.38. The first-order chi connectivity index (χ1) is 9.52. The Balaban J connectivity index is 1.75. The molecule has 1 aliphatic carbocycles. The van der Waals surface area contributed by atoms with Gasteiger partial charge in [-0.05, 0) is 37.2 Å². The van der Waals surface area contributed by atoms with E-state index in [0.29, 0.717) is 28.4 Å². The summed E-state index contributed by atoms with van der Waals surface area (Å²) < 4.78 is 0. The summed E-state index contributed by atoms with van der Waals surface area (Å²) in [6.45, 7) is 6.71. The highest BCUT2D eigenvalue weighted by Gasteiger charge is 2.28. The second-order valence-electron chi connectivity index (χ2n) is 6.47. The maximum atomic E-state index is 12.1. The van der Waals surface area contributed by atoms with Crippen LogP contribution in [0.1, 0.15) is 42.8 Å². The normalized spacial score (nSPS) is 26.6. The van der Waals surface area contributed by atoms with Gasteiger partial charge in [0.2, 0.25) is 0 Å². The van der Waals surface area contributed by atoms with Crippen LogP contribution in [0.15, 0.2) is 6.07 Å². The van der Waals surface area contributed by atoms with Gasteiger partial charge in [-0.2, -0.15) is 0 Å². The van der Waals surface area contributed by atoms with Gasteiger partial charge in [0, 0.05) is 19.1 Å². The van der Waals surface area contributed by atoms with Gasteiger partial charge in [-0.3, -0.25) is 4.79 Å². The second-order valence-corrected chi connectivity index (χ2v) is 7.50. The topological polar surface area (TPSA) is 58.4 Å². The van der Waals surface area contributed by atoms with Crippen molar-refractivity contribution < 1.29 is 4.79 Å². The molecule has 1 amide bonds. The number of hydrogen-bond donors (Lipinski definition) is 2. The Morgan fingerprint density at radius 1 is 1.35 bits per heavy atom. The van der Waals surface area contributed by atoms with Crippen LogP contribution in [0.25, 0.3) is 0 Å². The zero-order valence-corrected chi connectivity index (χ0v) is 13.0. The van der Waals surface area contributed by atoms with Crippen LogP contribution in [0.3, 0.4) is 0 Å². The maximum Gasteiger partial charge on any atom is 0.263 e. The molecule has 2 heterocycles. The third-order valence-corrected chi connectivity index (χ3v) is 5.26. The Labute approximate surface area is 124 Å². The third kappa shape index (κ3) is 2.92. The van der Waals surface area contributed by atoms with Crippen LogP contribution in [0.2, 0.25) is 0 Å². The van der Waals surface area contributed by atoms with Gasteiger partial charge in [0.05, 0.1) is 10.7 Å². The number of amides is 1. The smallest absolute Gasteiger partial charge is 0.263 e. The average Bonchev–Trinajstić information content (AvgIpc) is 3.08. The molecule has 0 bridgehead atoms. The van der Waals surface area contributed by atoms with E-state index < -0.39 is 0 Å². The number of rotatable bonds is 3. The summed E-state index contributed by atoms with van der Waals surface area (Å²) >= 11 is 1.54. The molecule has 3 rings (SSSR count). The number of carbonyl (C=O) groups is 1. The number of thiophene rings is 1. The van der Waals surface area contributed by atoms with E-state index in [0.717, 1.165) is 30.9 Å². The van der Waals surface area contributed by atoms with Gasteiger partial charge < -0.3 is 16.0 Å². The Kier molecular flexibility index (Phi) is 3.63. The molecule has 2 atom stereocenters. The van der Waals surface area contributed by atoms with Gasteiger partial charge in [-0.1, -0.05) is 13.8 Å². The van der Waals surface area contributed by atoms with E-state index in [9.17, 15) is 4.79 Å². The van der Waals surface area contributed by atoms with Crippen molar-refractivity contribution in [2.75, 3.05) is 23.7 Å². The van der Waals surface area contributed by atoms with Crippen molar-refractivity contribution in [1.29, 1.82) is 0 Å². The fourth-order valence-corrected chi connectivity index (χ4v) is 4.05. The minimum atomic E-state index is -0.000596. The van der Waals surface area contributed by atoms with Crippen molar-refractivity contribution in [1.82, 2.24) is 5.32 Å². The number of piperidine rings is 1. The lowest BCUT2D eigenvalue weighted by Gasteiger charge is -2.35. The molecular weight excluding hydrogens is 270 g/mol. The fourth-order valence-electron chi connectivity index (χ4n) is 3.05. The molecule has 1 aromatic heterocycles. The van der Waals surface area contributed by atoms with Crippen molar-refractivity contribution in [3.63, 3.8) is 0 Å². The molecule has 1 aliphatic heterocycles. The first-order valence-corrected chi connectivity index (χ1v) is 8.29. The Bertz CT molecular complexity index is 499. The van der Waals surface area contributed by atoms with Crippen molar-refractivity contribution in [3.05, 3.63) is 10.9 Å². The van der Waals surface area contributed by atoms with Crippen LogP contribution in [-0.2, 0) is 0 Å². The van der Waals surface area contributed by atoms with E-state index in [1.165, 1.54) is 17.8 Å². The molecule has 3 N–H and O–H groups in total. The predicted molar refractivity (Wildman–Crippen MR) is 84.4 cm³/mol. The number of carbonyl (C=O) groups excluding carboxylic acids is 1. The molecule has 0 radical (unpaired) electrons. The quantitative estimate of drug-likeness (QED) is 0.901. The number of anilines is 2. The SMILES string of the molecule is CC1CC(C)CN(c2cc(N)c(C(=O)NC3CC3)s2)C1. The first-order valence-electron chi connectivity index (χ1n) is 7.48. The standard InChI is InChI=1S/C15H23N3OS/c1-9-5-10(2)8-18(7-9)13-6-12(16)14(20-13)15(19)17-11-3-4-11/h6,9-11H,3-5,7-8,16H2,1-2H3,(H,17,19). The molecular formula is C15H23N3OS. The number of hydrogen-bond acceptors (Lipinski definition) is 4. The van der Waals surface area contributed by atoms with Gasteiger partial charge in [0.25, 0.3) is 5.91 Å². The summed E-state index contributed by atoms with van der Waals surface area (Å²) in [6, 6.07) is 2.35. The second kappa shape index (κ2) is 5.28. The third-order valence-electron chi connectivity index (χ3n) is 4.05. The number of nitrogen functional groups attached to an aromatic ring is 1. The van der Waals surface area contributed by atoms with Crippen molar-refractivity contribution in [2.24, 2.45) is 11.8 Å². The van der Waals surface area contributed by atoms with Crippen LogP contribution in [-0.4, -0.2) is 25.0 Å². The largest absolute Gasteiger partial charge is 0.397 e. The van der Waals surface area contributed by atoms with Gasteiger partial charge in [-0.25, -0.2) is 0 Å². The predicted octanol–water partition coefficient (Wildman–Crippen LogP) is 2.70. The molecule has 0 spiro atoms. The number of nitrogens with zero attached hydrogens (tertiary/aromatic N) is 1. The molecule has 2 aliphatic rings. The average molecular weight is 293 g/mol. The number of nitrogens with two attached hydrogens (primary N) is 1. The Morgan fingerprint density at radius 2 is 2.00 bits per heavy atom. The van der Waals surface area contributed by atoms with E-state index in [1.807, 2.05) is 6.07 Å². The molecule has 1 aromatic rings. The summed E-state index contributed by atoms with van der Waals surface area (Å²) in [5, 5.41) is 4.16. The van der Waals surface area contributed by atoms with Crippen molar-refractivity contribution in [2.45, 2.75) is 39.2 Å². The molecule has 4 nitrogen and oxygen atoms in total. The summed E-state index contributed by atoms with van der Waals surface area (Å²) in [4.78, 5) is 15.2. The van der Waals surface area contributed by atoms with Crippen LogP contribution >= 0.6 is 11.3 Å². The highest BCUT2D eigenvalue weighted by Crippen LogP contribution is 2.36. The van der Waals surface area contributed by atoms with Gasteiger partial charge in [0.15, 0.2) is 0 Å². The highest BCUT2D eigenvalue weighted by molar-refractivity contribution is 7.18. The van der Waals surface area contributed by atoms with Crippen LogP contribution in [0, 0.1) is 11.8 Å². The van der Waals surface area contributed by atoms with Crippen molar-refractivity contribution >= 4 is 27.9 Å². The number of nitrogens with one attached hydrogen (secondary N) is 1. The highest BCUT2D eigenvalue weighted by atomic mass is 32.1. The van der Waals surface area contributed by atoms with Crippen molar-refractivity contribution in [3.8, 4) is 0 Å². The van der Waals surface area contributed by atoms with E-state index in [1.54, 1.807) is 0 Å². The lowest BCUT2D eigenvalue weighted by molar-refractivity contribution is 0.0956. The summed E-state index contributed by atoms with van der Waals surface area (Å²) in [5.41, 5.74) is 6.66. The van der Waals surface area contributed by atoms with Crippen LogP contribution in [0.5, 0.6) is 0 Å². The summed E-state index contributed by atoms with van der Waals surface area (Å²) in [7, 11) is 0. The zero-order chi connectivity index (χ0) is 14.3. The van der Waals surface area contributed by atoms with Gasteiger partial charge in [-0.15, -0.1) is 11.3 Å². The molecule has 110 valence electrons. The molecule has 0 aromatic carbocycles. The minimum absolute atomic E-state index is 0.000596. The first kappa shape index (κ1) is 13.7. The summed E-state index contributed by atoms with van der Waals surface area (Å²) in [5.74, 6) is 1.40. The molecule has 20 heavy (non-hydrogen) atoms. The van der Waals surface area contributed by atoms with E-state index in [2.05, 4.69) is 24.1 Å². The van der Waals surface area contributed by atoms with Gasteiger partial charge >= 0.3 is 0 Å². The monoisotopic (exact) mass is 293 g/mol. The Hall–Kier alpha value is -1.23. The Morgan fingerprint density at radius 3 is 2.60 bits per heavy atom. The van der Waals surface area contributed by atoms with Gasteiger partial charge in [0.1, 0.15) is 4.88 Å². The lowest BCUT2D eigenvalue weighted by atomic mass is 9.92. The molecule has 1 saturated carbocycles. The maximum absolute atomic E-state index is 12.1. The summed E-state index contributed by atoms with van der Waals surface area (Å²) in [6.07, 6.45) is 3.49. The fraction of sp³-hybridized carbons (Fsp3) is 0.667. The molecule has 2 fully saturated rings.